The van der Waals surface area contributed by atoms with Gasteiger partial charge in [-0.1, -0.05) is 41.9 Å². The van der Waals surface area contributed by atoms with Crippen LogP contribution in [0.2, 0.25) is 5.02 Å². The Kier molecular flexibility index (Phi) is 8.01. The number of nitrogens with zero attached hydrogens (tertiary/aromatic N) is 1. The molecule has 4 rings (SSSR count). The number of carboxylic acid groups (broad SMARTS) is 1. The highest BCUT2D eigenvalue weighted by Crippen LogP contribution is 2.48. The van der Waals surface area contributed by atoms with Crippen molar-refractivity contribution in [3.05, 3.63) is 53.6 Å². The van der Waals surface area contributed by atoms with Crippen LogP contribution in [0.1, 0.15) is 32.1 Å². The van der Waals surface area contributed by atoms with Gasteiger partial charge >= 0.3 is 12.3 Å². The number of likely N-dealkylation sites (N-methyl/N-ethyl adjacent to an activating group) is 1. The van der Waals surface area contributed by atoms with Crippen molar-refractivity contribution in [3.63, 3.8) is 0 Å². The van der Waals surface area contributed by atoms with Crippen LogP contribution in [-0.2, 0) is 9.53 Å². The number of carboxylic acids is 1. The number of fused-ring (bicyclic) bond motifs is 2. The first-order chi connectivity index (χ1) is 16.4. The maximum absolute atomic E-state index is 12.6. The maximum Gasteiger partial charge on any atom is 0.430 e. The second-order valence-corrected chi connectivity index (χ2v) is 9.83. The van der Waals surface area contributed by atoms with Crippen LogP contribution in [0.4, 0.5) is 23.7 Å². The monoisotopic (exact) mass is 512 g/mol. The summed E-state index contributed by atoms with van der Waals surface area (Å²) in [6.07, 6.45) is 0.427. The van der Waals surface area contributed by atoms with Gasteiger partial charge in [-0.05, 0) is 36.6 Å². The van der Waals surface area contributed by atoms with Gasteiger partial charge in [-0.15, -0.1) is 0 Å². The molecule has 2 atom stereocenters. The number of aliphatic carboxylic acids is 1. The molecule has 2 aliphatic rings. The fourth-order valence-electron chi connectivity index (χ4n) is 5.14. The van der Waals surface area contributed by atoms with E-state index < -0.39 is 18.2 Å². The first-order valence-corrected chi connectivity index (χ1v) is 11.6. The summed E-state index contributed by atoms with van der Waals surface area (Å²) in [5.74, 6) is -3.01. The molecule has 0 unspecified atom stereocenters. The van der Waals surface area contributed by atoms with Crippen LogP contribution in [0, 0.1) is 0 Å². The first kappa shape index (κ1) is 26.8. The molecule has 190 valence electrons. The maximum atomic E-state index is 12.6. The van der Waals surface area contributed by atoms with Gasteiger partial charge in [0.25, 0.3) is 0 Å². The Morgan fingerprint density at radius 1 is 1.14 bits per heavy atom. The van der Waals surface area contributed by atoms with Gasteiger partial charge in [0.2, 0.25) is 0 Å². The lowest BCUT2D eigenvalue weighted by atomic mass is 9.87. The van der Waals surface area contributed by atoms with Crippen molar-refractivity contribution in [1.29, 1.82) is 0 Å². The Morgan fingerprint density at radius 2 is 1.83 bits per heavy atom. The molecule has 2 aliphatic heterocycles. The highest BCUT2D eigenvalue weighted by atomic mass is 35.5. The Balaban J connectivity index is 0.000000429. The molecular formula is C25H28ClF3N2O4. The molecule has 0 aliphatic carbocycles. The minimum atomic E-state index is -5.19. The summed E-state index contributed by atoms with van der Waals surface area (Å²) >= 11 is 6.14. The number of para-hydroxylation sites is 1. The Bertz CT molecular complexity index is 1070. The molecule has 10 heteroatoms. The van der Waals surface area contributed by atoms with E-state index in [-0.39, 0.29) is 5.54 Å². The molecule has 2 heterocycles. The second-order valence-electron chi connectivity index (χ2n) is 9.39. The van der Waals surface area contributed by atoms with E-state index in [9.17, 15) is 18.0 Å². The molecule has 2 fully saturated rings. The van der Waals surface area contributed by atoms with Gasteiger partial charge in [0.1, 0.15) is 18.1 Å². The standard InChI is InChI=1S/C23H27ClN2O2.C2HF3O2/c1-26(2)19-9-6-13-23(26,14-12-19)16-28-22(27)25-21-11-4-3-10-20(21)17-7-5-8-18(24)15-17;3-2(4,5)1(6)7/h3-5,7-8,10-11,15,19H,6,9,12-14,16H2,1-2H3;(H,6,7)/t19-,23+;/m1./s1. The van der Waals surface area contributed by atoms with E-state index >= 15 is 0 Å². The van der Waals surface area contributed by atoms with Gasteiger partial charge in [-0.25, -0.2) is 4.79 Å². The Morgan fingerprint density at radius 3 is 2.49 bits per heavy atom. The zero-order valence-electron chi connectivity index (χ0n) is 19.5. The molecular weight excluding hydrogens is 485 g/mol. The average molecular weight is 513 g/mol. The van der Waals surface area contributed by atoms with Crippen LogP contribution >= 0.6 is 11.6 Å². The number of halogens is 4. The van der Waals surface area contributed by atoms with Crippen LogP contribution < -0.4 is 10.4 Å². The zero-order valence-corrected chi connectivity index (χ0v) is 20.3. The molecule has 2 aromatic carbocycles. The summed E-state index contributed by atoms with van der Waals surface area (Å²) in [4.78, 5) is 21.4. The predicted molar refractivity (Wildman–Crippen MR) is 125 cm³/mol. The van der Waals surface area contributed by atoms with E-state index in [1.165, 1.54) is 19.3 Å². The number of amides is 1. The number of alkyl halides is 3. The lowest BCUT2D eigenvalue weighted by molar-refractivity contribution is -0.956. The highest BCUT2D eigenvalue weighted by molar-refractivity contribution is 6.30. The number of piperidine rings is 1. The van der Waals surface area contributed by atoms with E-state index in [1.807, 2.05) is 48.5 Å². The van der Waals surface area contributed by atoms with Crippen molar-refractivity contribution in [1.82, 2.24) is 0 Å². The van der Waals surface area contributed by atoms with Crippen LogP contribution in [0.25, 0.3) is 11.1 Å². The molecule has 0 aromatic heterocycles. The summed E-state index contributed by atoms with van der Waals surface area (Å²) < 4.78 is 38.3. The van der Waals surface area contributed by atoms with Crippen LogP contribution in [0.15, 0.2) is 48.5 Å². The normalized spacial score (nSPS) is 22.5. The first-order valence-electron chi connectivity index (χ1n) is 11.3. The number of hydrogen-bond acceptors (Lipinski definition) is 4. The van der Waals surface area contributed by atoms with Gasteiger partial charge < -0.3 is 19.1 Å². The van der Waals surface area contributed by atoms with E-state index in [0.717, 1.165) is 34.1 Å². The van der Waals surface area contributed by atoms with Crippen molar-refractivity contribution in [2.75, 3.05) is 26.0 Å². The average Bonchev–Trinajstić information content (AvgIpc) is 2.93. The molecule has 6 nitrogen and oxygen atoms in total. The third-order valence-electron chi connectivity index (χ3n) is 7.26. The van der Waals surface area contributed by atoms with E-state index in [0.29, 0.717) is 17.7 Å². The molecule has 2 bridgehead atoms. The zero-order chi connectivity index (χ0) is 25.9. The molecule has 1 amide bonds. The van der Waals surface area contributed by atoms with Crippen molar-refractivity contribution < 1.29 is 37.1 Å². The van der Waals surface area contributed by atoms with Crippen LogP contribution in [-0.4, -0.2) is 55.0 Å². The van der Waals surface area contributed by atoms with Crippen molar-refractivity contribution >= 4 is 29.4 Å². The fraction of sp³-hybridized carbons (Fsp3) is 0.440. The topological polar surface area (TPSA) is 78.5 Å². The smallest absolute Gasteiger partial charge is 0.430 e. The van der Waals surface area contributed by atoms with Gasteiger partial charge in [-0.3, -0.25) is 5.32 Å². The number of benzene rings is 2. The molecule has 1 N–H and O–H groups in total. The number of carbonyl (C=O) groups excluding carboxylic acids is 2. The summed E-state index contributed by atoms with van der Waals surface area (Å²) in [6.45, 7) is 0.474. The molecule has 35 heavy (non-hydrogen) atoms. The molecule has 0 spiro atoms. The SMILES string of the molecule is C[N+]1(C)[C@@H]2CCC[C@@]1(COC(=O)Nc1ccccc1-c1cccc(Cl)c1)CC2.O=C([O-])C(F)(F)F. The van der Waals surface area contributed by atoms with Crippen molar-refractivity contribution in [3.8, 4) is 11.1 Å². The number of quaternary nitrogens is 1. The second kappa shape index (κ2) is 10.5. The van der Waals surface area contributed by atoms with Gasteiger partial charge in [0, 0.05) is 29.8 Å². The predicted octanol–water partition coefficient (Wildman–Crippen LogP) is 5.02. The number of anilines is 1. The van der Waals surface area contributed by atoms with E-state index in [1.54, 1.807) is 0 Å². The summed E-state index contributed by atoms with van der Waals surface area (Å²) in [6, 6.07) is 16.1. The van der Waals surface area contributed by atoms with Gasteiger partial charge in [-0.2, -0.15) is 13.2 Å². The number of ether oxygens (including phenoxy) is 1. The number of nitrogens with one attached hydrogen (secondary N) is 1. The lowest BCUT2D eigenvalue weighted by Crippen LogP contribution is -2.63. The van der Waals surface area contributed by atoms with Gasteiger partial charge in [0.05, 0.1) is 25.8 Å². The highest BCUT2D eigenvalue weighted by Gasteiger charge is 2.58. The molecule has 2 aromatic rings. The van der Waals surface area contributed by atoms with Crippen molar-refractivity contribution in [2.45, 2.75) is 49.9 Å². The Labute approximate surface area is 207 Å². The minimum Gasteiger partial charge on any atom is -0.542 e. The van der Waals surface area contributed by atoms with E-state index in [2.05, 4.69) is 19.4 Å². The third kappa shape index (κ3) is 6.08. The van der Waals surface area contributed by atoms with Gasteiger partial charge in [0.15, 0.2) is 0 Å². The molecule has 0 radical (unpaired) electrons. The number of hydrogen-bond donors (Lipinski definition) is 1. The Hall–Kier alpha value is -2.78. The minimum absolute atomic E-state index is 0.0622. The lowest BCUT2D eigenvalue weighted by Gasteiger charge is -2.49. The van der Waals surface area contributed by atoms with Crippen LogP contribution in [0.5, 0.6) is 0 Å². The third-order valence-corrected chi connectivity index (χ3v) is 7.50. The van der Waals surface area contributed by atoms with Crippen molar-refractivity contribution in [2.24, 2.45) is 0 Å². The van der Waals surface area contributed by atoms with E-state index in [4.69, 9.17) is 26.2 Å². The largest absolute Gasteiger partial charge is 0.542 e. The quantitative estimate of drug-likeness (QED) is 0.584. The summed E-state index contributed by atoms with van der Waals surface area (Å²) in [5, 5.41) is 12.4. The summed E-state index contributed by atoms with van der Waals surface area (Å²) in [7, 11) is 4.60. The molecule has 0 saturated carbocycles. The molecule has 2 saturated heterocycles. The summed E-state index contributed by atoms with van der Waals surface area (Å²) in [5.41, 5.74) is 2.68. The number of carbonyl (C=O) groups is 2. The number of rotatable bonds is 4. The fourth-order valence-corrected chi connectivity index (χ4v) is 5.33. The van der Waals surface area contributed by atoms with Crippen LogP contribution in [0.3, 0.4) is 0 Å².